The molecule has 0 saturated heterocycles. The number of benzene rings is 16. The Hall–Kier alpha value is -13.4. The van der Waals surface area contributed by atoms with Crippen LogP contribution in [-0.2, 0) is 48.7 Å². The lowest BCUT2D eigenvalue weighted by Crippen LogP contribution is -2.62. The highest BCUT2D eigenvalue weighted by atomic mass is 15.2. The molecule has 0 radical (unpaired) electrons. The summed E-state index contributed by atoms with van der Waals surface area (Å²) in [6.07, 6.45) is 0.649. The van der Waals surface area contributed by atoms with Crippen LogP contribution in [-0.4, -0.2) is 15.8 Å². The maximum atomic E-state index is 9.24. The first kappa shape index (κ1) is 68.8. The Morgan fingerprint density at radius 1 is 0.303 bits per heavy atom. The SMILES string of the molecule is [2H]c1c([2H])c([2H])c(CCc2ccc3c(c2)N(Cc2c(-c4ccccc4)cc(C(C)(C)C)cc2-c2ccccc2)c2cc(CN(c4ccccc4)c4ccc(-n5c6ccccc6c6ccccc65)cc4)cc4c2B3c2ccc(-n3c5ccc(C(C)(C)C)cc5c5cc(C(C)(C)C)ccc53)cc2N4Cc2cc(-c3ccccc3)cc(-c3ccccc3)c2)c([2H])c1[2H]. The number of fused-ring (bicyclic) bond motifs is 10. The monoisotopic (exact) mass is 1540 g/mol. The second-order valence-electron chi connectivity index (χ2n) is 35.7. The number of hydrogen-bond acceptors (Lipinski definition) is 3. The molecule has 0 atom stereocenters. The van der Waals surface area contributed by atoms with Crippen molar-refractivity contribution in [3.8, 4) is 55.9 Å². The lowest BCUT2D eigenvalue weighted by molar-refractivity contribution is 0.590. The summed E-state index contributed by atoms with van der Waals surface area (Å²) in [6.45, 7) is 21.9. The number of anilines is 6. The van der Waals surface area contributed by atoms with E-state index in [1.165, 1.54) is 54.7 Å². The van der Waals surface area contributed by atoms with Crippen LogP contribution in [0.5, 0.6) is 0 Å². The Labute approximate surface area is 708 Å². The van der Waals surface area contributed by atoms with Crippen molar-refractivity contribution in [2.75, 3.05) is 14.7 Å². The summed E-state index contributed by atoms with van der Waals surface area (Å²) in [5.41, 5.74) is 33.8. The van der Waals surface area contributed by atoms with Crippen molar-refractivity contribution in [3.05, 3.63) is 414 Å². The molecule has 119 heavy (non-hydrogen) atoms. The first-order chi connectivity index (χ1) is 59.9. The van der Waals surface area contributed by atoms with Crippen LogP contribution in [0.3, 0.4) is 0 Å². The molecule has 4 heterocycles. The van der Waals surface area contributed by atoms with Gasteiger partial charge >= 0.3 is 0 Å². The Kier molecular flexibility index (Phi) is 17.3. The van der Waals surface area contributed by atoms with Gasteiger partial charge in [-0.15, -0.1) is 0 Å². The molecule has 0 fully saturated rings. The Morgan fingerprint density at radius 2 is 0.731 bits per heavy atom. The zero-order valence-electron chi connectivity index (χ0n) is 74.2. The van der Waals surface area contributed by atoms with Gasteiger partial charge < -0.3 is 23.8 Å². The van der Waals surface area contributed by atoms with Crippen LogP contribution in [0.1, 0.15) is 114 Å². The van der Waals surface area contributed by atoms with Crippen LogP contribution in [0.15, 0.2) is 370 Å². The van der Waals surface area contributed by atoms with E-state index in [4.69, 9.17) is 4.11 Å². The third kappa shape index (κ3) is 13.9. The molecule has 18 aromatic rings. The molecule has 0 bridgehead atoms. The van der Waals surface area contributed by atoms with Gasteiger partial charge in [-0.05, 0) is 256 Å². The Morgan fingerprint density at radius 3 is 1.26 bits per heavy atom. The van der Waals surface area contributed by atoms with E-state index in [2.05, 4.69) is 426 Å². The molecule has 6 heteroatoms. The van der Waals surface area contributed by atoms with Crippen molar-refractivity contribution >= 4 is 101 Å². The minimum atomic E-state index is -0.392. The third-order valence-corrected chi connectivity index (χ3v) is 24.9. The fraction of sp³-hybridized carbons (Fsp3) is 0.150. The maximum Gasteiger partial charge on any atom is 0.252 e. The van der Waals surface area contributed by atoms with Gasteiger partial charge in [0.2, 0.25) is 0 Å². The predicted molar refractivity (Wildman–Crippen MR) is 508 cm³/mol. The topological polar surface area (TPSA) is 19.6 Å². The van der Waals surface area contributed by atoms with E-state index in [1.54, 1.807) is 0 Å². The summed E-state index contributed by atoms with van der Waals surface area (Å²) in [7, 11) is 0. The van der Waals surface area contributed by atoms with Gasteiger partial charge in [-0.3, -0.25) is 0 Å². The number of nitrogens with zero attached hydrogens (tertiary/aromatic N) is 5. The van der Waals surface area contributed by atoms with Gasteiger partial charge in [0.1, 0.15) is 0 Å². The molecular weight excluding hydrogens is 1440 g/mol. The molecule has 2 aliphatic rings. The van der Waals surface area contributed by atoms with Gasteiger partial charge in [-0.1, -0.05) is 311 Å². The van der Waals surface area contributed by atoms with Crippen molar-refractivity contribution in [3.63, 3.8) is 0 Å². The summed E-state index contributed by atoms with van der Waals surface area (Å²) in [5.74, 6) is 0. The molecule has 578 valence electrons. The fourth-order valence-corrected chi connectivity index (χ4v) is 18.7. The van der Waals surface area contributed by atoms with E-state index in [0.29, 0.717) is 31.6 Å². The number of hydrogen-bond donors (Lipinski definition) is 0. The van der Waals surface area contributed by atoms with E-state index in [9.17, 15) is 2.74 Å². The molecule has 0 unspecified atom stereocenters. The number of aryl methyl sites for hydroxylation is 1. The fourth-order valence-electron chi connectivity index (χ4n) is 18.7. The highest BCUT2D eigenvalue weighted by Crippen LogP contribution is 2.48. The number of para-hydroxylation sites is 3. The van der Waals surface area contributed by atoms with Crippen LogP contribution in [0, 0.1) is 0 Å². The molecule has 0 N–H and O–H groups in total. The average Bonchev–Trinajstić information content (AvgIpc) is 0.727. The van der Waals surface area contributed by atoms with Crippen molar-refractivity contribution in [2.45, 2.75) is 111 Å². The zero-order valence-corrected chi connectivity index (χ0v) is 69.2. The lowest BCUT2D eigenvalue weighted by Gasteiger charge is -2.45. The normalized spacial score (nSPS) is 13.3. The van der Waals surface area contributed by atoms with Crippen LogP contribution in [0.25, 0.3) is 99.5 Å². The molecule has 0 aliphatic carbocycles. The van der Waals surface area contributed by atoms with E-state index < -0.39 is 6.04 Å². The van der Waals surface area contributed by atoms with E-state index in [0.717, 1.165) is 134 Å². The van der Waals surface area contributed by atoms with Gasteiger partial charge in [-0.2, -0.15) is 0 Å². The average molecular weight is 1540 g/mol. The molecule has 0 saturated carbocycles. The van der Waals surface area contributed by atoms with E-state index in [-0.39, 0.29) is 53.5 Å². The van der Waals surface area contributed by atoms with Gasteiger partial charge in [-0.25, -0.2) is 0 Å². The molecule has 0 spiro atoms. The highest BCUT2D eigenvalue weighted by Gasteiger charge is 2.44. The van der Waals surface area contributed by atoms with Crippen LogP contribution < -0.4 is 31.1 Å². The maximum absolute atomic E-state index is 9.24. The Bertz CT molecular complexity index is 6930. The first-order valence-electron chi connectivity index (χ1n) is 44.5. The summed E-state index contributed by atoms with van der Waals surface area (Å²) in [4.78, 5) is 7.80. The molecule has 2 aromatic heterocycles. The molecule has 16 aromatic carbocycles. The predicted octanol–water partition coefficient (Wildman–Crippen LogP) is 27.4. The standard InChI is InChI=1S/C113H98BN5/c1-111(2,3)86-51-60-104-97(68-86)98-69-87(112(4,5)6)52-61-105(98)119(104)92-57-59-101-107(72-92)116(74-78-62-84(80-34-18-11-19-35-80)67-85(63-78)81-36-20-12-21-37-81)108-65-79(73-115(89-42-26-15-27-43-89)90-53-55-91(56-54-90)118-102-46-30-28-44-93(102)94-45-29-31-47-103(94)118)66-109-110(108)114(101)100-58-50-77(49-48-76-32-16-10-17-33-76)64-106(100)117(109)75-99-95(82-38-22-13-23-39-82)70-88(113(7,8)9)71-96(99)83-40-24-14-25-41-83/h10-47,50-72H,48-49,73-75H2,1-9H3/i10D,16D,17D,32D,33D. The number of rotatable bonds is 17. The second-order valence-corrected chi connectivity index (χ2v) is 35.7. The van der Waals surface area contributed by atoms with Crippen molar-refractivity contribution in [1.82, 2.24) is 9.13 Å². The van der Waals surface area contributed by atoms with Crippen molar-refractivity contribution < 1.29 is 6.85 Å². The molecule has 20 rings (SSSR count). The van der Waals surface area contributed by atoms with Crippen molar-refractivity contribution in [2.24, 2.45) is 0 Å². The third-order valence-electron chi connectivity index (χ3n) is 24.9. The summed E-state index contributed by atoms with van der Waals surface area (Å²) < 4.78 is 49.7. The zero-order chi connectivity index (χ0) is 85.2. The van der Waals surface area contributed by atoms with Gasteiger partial charge in [0.05, 0.1) is 28.9 Å². The molecule has 5 nitrogen and oxygen atoms in total. The van der Waals surface area contributed by atoms with Crippen molar-refractivity contribution in [1.29, 1.82) is 0 Å². The molecule has 0 amide bonds. The quantitative estimate of drug-likeness (QED) is 0.0847. The van der Waals surface area contributed by atoms with Gasteiger partial charge in [0.25, 0.3) is 6.71 Å². The summed E-state index contributed by atoms with van der Waals surface area (Å²) in [6, 6.07) is 125. The van der Waals surface area contributed by atoms with Crippen LogP contribution in [0.4, 0.5) is 34.1 Å². The smallest absolute Gasteiger partial charge is 0.252 e. The lowest BCUT2D eigenvalue weighted by atomic mass is 9.33. The minimum absolute atomic E-state index is 0.0980. The molecular formula is C113H98BN5. The van der Waals surface area contributed by atoms with Gasteiger partial charge in [0.15, 0.2) is 0 Å². The number of aromatic nitrogens is 2. The first-order valence-corrected chi connectivity index (χ1v) is 42.0. The second kappa shape index (κ2) is 29.9. The summed E-state index contributed by atoms with van der Waals surface area (Å²) >= 11 is 0. The van der Waals surface area contributed by atoms with E-state index >= 15 is 0 Å². The minimum Gasteiger partial charge on any atom is -0.338 e. The van der Waals surface area contributed by atoms with Crippen LogP contribution in [0.2, 0.25) is 0 Å². The Balaban J connectivity index is 0.876. The molecule has 2 aliphatic heterocycles. The summed E-state index contributed by atoms with van der Waals surface area (Å²) in [5, 5.41) is 4.88. The largest absolute Gasteiger partial charge is 0.338 e. The van der Waals surface area contributed by atoms with E-state index in [1.807, 2.05) is 0 Å². The van der Waals surface area contributed by atoms with Crippen LogP contribution >= 0.6 is 0 Å². The van der Waals surface area contributed by atoms with Gasteiger partial charge in [0, 0.05) is 86.7 Å². The highest BCUT2D eigenvalue weighted by molar-refractivity contribution is 7.00.